The molecule has 8 heteroatoms. The zero-order chi connectivity index (χ0) is 21.1. The first-order valence-corrected chi connectivity index (χ1v) is 9.79. The van der Waals surface area contributed by atoms with Crippen molar-refractivity contribution in [3.05, 3.63) is 48.0 Å². The van der Waals surface area contributed by atoms with E-state index in [1.54, 1.807) is 23.1 Å². The minimum absolute atomic E-state index is 0.0701. The SMILES string of the molecule is CCc1ccccc1N1C[C@@H](C(=O)OCC(=O)Nc2ccc3c(c2)OCO3)CC1=O. The molecule has 0 aromatic heterocycles. The number of amides is 2. The average Bonchev–Trinajstić information content (AvgIpc) is 3.38. The second-order valence-corrected chi connectivity index (χ2v) is 7.11. The van der Waals surface area contributed by atoms with Gasteiger partial charge in [-0.05, 0) is 30.2 Å². The molecule has 0 spiro atoms. The third-order valence-electron chi connectivity index (χ3n) is 5.12. The predicted octanol–water partition coefficient (Wildman–Crippen LogP) is 2.51. The van der Waals surface area contributed by atoms with Gasteiger partial charge in [0, 0.05) is 30.4 Å². The third kappa shape index (κ3) is 4.07. The molecule has 0 radical (unpaired) electrons. The zero-order valence-corrected chi connectivity index (χ0v) is 16.6. The van der Waals surface area contributed by atoms with Gasteiger partial charge in [0.15, 0.2) is 18.1 Å². The Balaban J connectivity index is 1.31. The van der Waals surface area contributed by atoms with Gasteiger partial charge in [-0.1, -0.05) is 25.1 Å². The number of nitrogens with zero attached hydrogens (tertiary/aromatic N) is 1. The maximum absolute atomic E-state index is 12.4. The molecule has 0 aliphatic carbocycles. The maximum atomic E-state index is 12.4. The van der Waals surface area contributed by atoms with Crippen LogP contribution in [0, 0.1) is 5.92 Å². The number of carbonyl (C=O) groups is 3. The minimum atomic E-state index is -0.597. The number of nitrogens with one attached hydrogen (secondary N) is 1. The third-order valence-corrected chi connectivity index (χ3v) is 5.12. The highest BCUT2D eigenvalue weighted by atomic mass is 16.7. The van der Waals surface area contributed by atoms with Crippen molar-refractivity contribution in [2.45, 2.75) is 19.8 Å². The van der Waals surface area contributed by atoms with Crippen LogP contribution in [0.5, 0.6) is 11.5 Å². The fourth-order valence-electron chi connectivity index (χ4n) is 3.60. The van der Waals surface area contributed by atoms with Crippen LogP contribution < -0.4 is 19.7 Å². The number of para-hydroxylation sites is 1. The smallest absolute Gasteiger partial charge is 0.311 e. The van der Waals surface area contributed by atoms with Crippen molar-refractivity contribution >= 4 is 29.2 Å². The van der Waals surface area contributed by atoms with Crippen LogP contribution in [0.25, 0.3) is 0 Å². The van der Waals surface area contributed by atoms with Gasteiger partial charge in [-0.15, -0.1) is 0 Å². The van der Waals surface area contributed by atoms with Gasteiger partial charge in [0.2, 0.25) is 12.7 Å². The van der Waals surface area contributed by atoms with Crippen LogP contribution in [0.15, 0.2) is 42.5 Å². The van der Waals surface area contributed by atoms with Crippen molar-refractivity contribution in [3.63, 3.8) is 0 Å². The number of aryl methyl sites for hydroxylation is 1. The number of ether oxygens (including phenoxy) is 3. The highest BCUT2D eigenvalue weighted by Gasteiger charge is 2.37. The summed E-state index contributed by atoms with van der Waals surface area (Å²) in [7, 11) is 0. The molecule has 0 saturated carbocycles. The molecule has 2 aliphatic heterocycles. The van der Waals surface area contributed by atoms with E-state index in [4.69, 9.17) is 14.2 Å². The second kappa shape index (κ2) is 8.44. The van der Waals surface area contributed by atoms with Crippen LogP contribution in [0.2, 0.25) is 0 Å². The van der Waals surface area contributed by atoms with E-state index in [1.165, 1.54) is 0 Å². The fourth-order valence-corrected chi connectivity index (χ4v) is 3.60. The predicted molar refractivity (Wildman–Crippen MR) is 108 cm³/mol. The molecule has 1 fully saturated rings. The Morgan fingerprint density at radius 3 is 2.80 bits per heavy atom. The lowest BCUT2D eigenvalue weighted by molar-refractivity contribution is -0.151. The summed E-state index contributed by atoms with van der Waals surface area (Å²) in [6.45, 7) is 1.98. The second-order valence-electron chi connectivity index (χ2n) is 7.11. The highest BCUT2D eigenvalue weighted by molar-refractivity contribution is 6.00. The Labute approximate surface area is 173 Å². The molecule has 2 aromatic carbocycles. The van der Waals surface area contributed by atoms with E-state index in [0.717, 1.165) is 17.7 Å². The molecule has 2 aliphatic rings. The Kier molecular flexibility index (Phi) is 5.56. The Hall–Kier alpha value is -3.55. The van der Waals surface area contributed by atoms with Gasteiger partial charge < -0.3 is 24.4 Å². The van der Waals surface area contributed by atoms with Gasteiger partial charge >= 0.3 is 5.97 Å². The van der Waals surface area contributed by atoms with E-state index in [1.807, 2.05) is 31.2 Å². The molecular weight excluding hydrogens is 388 g/mol. The summed E-state index contributed by atoms with van der Waals surface area (Å²) in [5.41, 5.74) is 2.38. The molecule has 156 valence electrons. The number of hydrogen-bond acceptors (Lipinski definition) is 6. The normalized spacial score (nSPS) is 17.2. The lowest BCUT2D eigenvalue weighted by atomic mass is 10.1. The van der Waals surface area contributed by atoms with Crippen LogP contribution in [-0.2, 0) is 25.5 Å². The fraction of sp³-hybridized carbons (Fsp3) is 0.318. The molecule has 8 nitrogen and oxygen atoms in total. The molecule has 2 heterocycles. The number of rotatable bonds is 6. The highest BCUT2D eigenvalue weighted by Crippen LogP contribution is 2.34. The molecular formula is C22H22N2O6. The summed E-state index contributed by atoms with van der Waals surface area (Å²) in [6.07, 6.45) is 0.857. The van der Waals surface area contributed by atoms with E-state index in [2.05, 4.69) is 5.32 Å². The minimum Gasteiger partial charge on any atom is -0.455 e. The van der Waals surface area contributed by atoms with Crippen molar-refractivity contribution in [3.8, 4) is 11.5 Å². The summed E-state index contributed by atoms with van der Waals surface area (Å²) < 4.78 is 15.6. The topological polar surface area (TPSA) is 94.2 Å². The lowest BCUT2D eigenvalue weighted by Gasteiger charge is -2.19. The lowest BCUT2D eigenvalue weighted by Crippen LogP contribution is -2.28. The van der Waals surface area contributed by atoms with Crippen LogP contribution in [0.1, 0.15) is 18.9 Å². The standard InChI is InChI=1S/C22H22N2O6/c1-2-14-5-3-4-6-17(14)24-11-15(9-21(24)26)22(27)28-12-20(25)23-16-7-8-18-19(10-16)30-13-29-18/h3-8,10,15H,2,9,11-13H2,1H3,(H,23,25)/t15-/m0/s1. The van der Waals surface area contributed by atoms with Crippen molar-refractivity contribution in [1.29, 1.82) is 0 Å². The molecule has 1 atom stereocenters. The van der Waals surface area contributed by atoms with Crippen molar-refractivity contribution < 1.29 is 28.6 Å². The first-order chi connectivity index (χ1) is 14.5. The molecule has 4 rings (SSSR count). The van der Waals surface area contributed by atoms with Crippen molar-refractivity contribution in [2.24, 2.45) is 5.92 Å². The monoisotopic (exact) mass is 410 g/mol. The maximum Gasteiger partial charge on any atom is 0.311 e. The van der Waals surface area contributed by atoms with Crippen molar-refractivity contribution in [2.75, 3.05) is 30.2 Å². The number of benzene rings is 2. The quantitative estimate of drug-likeness (QED) is 0.736. The van der Waals surface area contributed by atoms with E-state index in [0.29, 0.717) is 17.2 Å². The Morgan fingerprint density at radius 1 is 1.17 bits per heavy atom. The number of esters is 1. The molecule has 1 saturated heterocycles. The number of anilines is 2. The van der Waals surface area contributed by atoms with E-state index < -0.39 is 24.4 Å². The molecule has 0 bridgehead atoms. The van der Waals surface area contributed by atoms with Gasteiger partial charge in [-0.2, -0.15) is 0 Å². The van der Waals surface area contributed by atoms with E-state index >= 15 is 0 Å². The van der Waals surface area contributed by atoms with Gasteiger partial charge in [-0.25, -0.2) is 0 Å². The molecule has 1 N–H and O–H groups in total. The summed E-state index contributed by atoms with van der Waals surface area (Å²) in [6, 6.07) is 12.6. The summed E-state index contributed by atoms with van der Waals surface area (Å²) in [4.78, 5) is 38.6. The summed E-state index contributed by atoms with van der Waals surface area (Å²) in [5, 5.41) is 2.65. The van der Waals surface area contributed by atoms with Crippen molar-refractivity contribution in [1.82, 2.24) is 0 Å². The van der Waals surface area contributed by atoms with Gasteiger partial charge in [0.1, 0.15) is 0 Å². The van der Waals surface area contributed by atoms with E-state index in [9.17, 15) is 14.4 Å². The molecule has 30 heavy (non-hydrogen) atoms. The molecule has 2 aromatic rings. The van der Waals surface area contributed by atoms with Gasteiger partial charge in [-0.3, -0.25) is 14.4 Å². The number of carbonyl (C=O) groups excluding carboxylic acids is 3. The molecule has 2 amide bonds. The first kappa shape index (κ1) is 19.8. The van der Waals surface area contributed by atoms with Crippen LogP contribution >= 0.6 is 0 Å². The molecule has 0 unspecified atom stereocenters. The van der Waals surface area contributed by atoms with E-state index in [-0.39, 0.29) is 25.7 Å². The van der Waals surface area contributed by atoms with Crippen LogP contribution in [-0.4, -0.2) is 37.7 Å². The van der Waals surface area contributed by atoms with Crippen LogP contribution in [0.4, 0.5) is 11.4 Å². The summed E-state index contributed by atoms with van der Waals surface area (Å²) >= 11 is 0. The Morgan fingerprint density at radius 2 is 1.97 bits per heavy atom. The largest absolute Gasteiger partial charge is 0.455 e. The number of hydrogen-bond donors (Lipinski definition) is 1. The zero-order valence-electron chi connectivity index (χ0n) is 16.6. The Bertz CT molecular complexity index is 989. The summed E-state index contributed by atoms with van der Waals surface area (Å²) in [5.74, 6) is -0.593. The number of fused-ring (bicyclic) bond motifs is 1. The van der Waals surface area contributed by atoms with Gasteiger partial charge in [0.25, 0.3) is 5.91 Å². The average molecular weight is 410 g/mol. The van der Waals surface area contributed by atoms with Gasteiger partial charge in [0.05, 0.1) is 5.92 Å². The first-order valence-electron chi connectivity index (χ1n) is 9.79. The van der Waals surface area contributed by atoms with Crippen LogP contribution in [0.3, 0.4) is 0 Å².